The maximum Gasteiger partial charge on any atom is 0.419 e. The number of halogens is 4. The molecule has 0 radical (unpaired) electrons. The number of carbonyl (C=O) groups excluding carboxylic acids is 1. The minimum absolute atomic E-state index is 0.0529. The van der Waals surface area contributed by atoms with E-state index in [2.05, 4.69) is 0 Å². The molecule has 1 heterocycles. The molecule has 174 valence electrons. The van der Waals surface area contributed by atoms with Crippen LogP contribution in [0.25, 0.3) is 5.57 Å². The molecule has 0 aromatic heterocycles. The van der Waals surface area contributed by atoms with E-state index < -0.39 is 28.9 Å². The Morgan fingerprint density at radius 2 is 1.67 bits per heavy atom. The number of benzene rings is 2. The molecular weight excluding hydrogens is 440 g/mol. The third kappa shape index (κ3) is 4.38. The van der Waals surface area contributed by atoms with Crippen LogP contribution in [0.15, 0.2) is 54.6 Å². The molecule has 2 aromatic rings. The van der Waals surface area contributed by atoms with Crippen LogP contribution >= 0.6 is 0 Å². The third-order valence-corrected chi connectivity index (χ3v) is 5.43. The van der Waals surface area contributed by atoms with Crippen LogP contribution in [0.3, 0.4) is 0 Å². The highest BCUT2D eigenvalue weighted by atomic mass is 19.4. The summed E-state index contributed by atoms with van der Waals surface area (Å²) in [5.74, 6) is -0.955. The lowest BCUT2D eigenvalue weighted by Gasteiger charge is -2.41. The van der Waals surface area contributed by atoms with Gasteiger partial charge in [-0.15, -0.1) is 0 Å². The highest BCUT2D eigenvalue weighted by molar-refractivity contribution is 6.05. The molecule has 3 rings (SSSR count). The van der Waals surface area contributed by atoms with Gasteiger partial charge < -0.3 is 14.8 Å². The second-order valence-electron chi connectivity index (χ2n) is 7.54. The number of nitrogens with one attached hydrogen (secondary N) is 1. The Kier molecular flexibility index (Phi) is 6.68. The Morgan fingerprint density at radius 3 is 2.18 bits per heavy atom. The Morgan fingerprint density at radius 1 is 1.06 bits per heavy atom. The summed E-state index contributed by atoms with van der Waals surface area (Å²) in [6.07, 6.45) is -2.80. The molecule has 1 aliphatic heterocycles. The lowest BCUT2D eigenvalue weighted by molar-refractivity contribution is -0.190. The Balaban J connectivity index is 2.17. The van der Waals surface area contributed by atoms with Crippen LogP contribution in [0.2, 0.25) is 0 Å². The summed E-state index contributed by atoms with van der Waals surface area (Å²) in [6.45, 7) is 2.38. The number of amides is 1. The van der Waals surface area contributed by atoms with E-state index in [4.69, 9.17) is 9.47 Å². The number of methoxy groups -OCH3 is 1. The van der Waals surface area contributed by atoms with Gasteiger partial charge in [-0.05, 0) is 47.9 Å². The average molecular weight is 462 g/mol. The quantitative estimate of drug-likeness (QED) is 0.460. The number of ether oxygens (including phenoxy) is 2. The van der Waals surface area contributed by atoms with Crippen molar-refractivity contribution in [1.29, 1.82) is 5.26 Å². The first kappa shape index (κ1) is 24.1. The summed E-state index contributed by atoms with van der Waals surface area (Å²) in [4.78, 5) is 12.6. The fourth-order valence-corrected chi connectivity index (χ4v) is 3.52. The summed E-state index contributed by atoms with van der Waals surface area (Å²) in [7, 11) is 1.39. The van der Waals surface area contributed by atoms with Crippen molar-refractivity contribution in [2.75, 3.05) is 13.7 Å². The molecule has 0 saturated heterocycles. The molecule has 0 saturated carbocycles. The van der Waals surface area contributed by atoms with Crippen molar-refractivity contribution in [2.45, 2.75) is 37.1 Å². The first-order valence-electron chi connectivity index (χ1n) is 10.2. The minimum Gasteiger partial charge on any atom is -0.497 e. The van der Waals surface area contributed by atoms with Crippen LogP contribution in [-0.2, 0) is 10.3 Å². The van der Waals surface area contributed by atoms with E-state index >= 15 is 4.39 Å². The van der Waals surface area contributed by atoms with Crippen LogP contribution in [0.4, 0.5) is 17.6 Å². The molecule has 33 heavy (non-hydrogen) atoms. The maximum absolute atomic E-state index is 15.5. The highest BCUT2D eigenvalue weighted by Gasteiger charge is 2.62. The van der Waals surface area contributed by atoms with Gasteiger partial charge >= 0.3 is 6.18 Å². The molecule has 1 unspecified atom stereocenters. The Hall–Kier alpha value is -3.54. The fourth-order valence-electron chi connectivity index (χ4n) is 3.52. The summed E-state index contributed by atoms with van der Waals surface area (Å²) in [6, 6.07) is 11.6. The van der Waals surface area contributed by atoms with Crippen molar-refractivity contribution in [3.05, 3.63) is 65.7 Å². The third-order valence-electron chi connectivity index (χ3n) is 5.43. The molecular formula is C24H22F4N2O3. The number of unbranched alkanes of at least 4 members (excludes halogenated alkanes) is 1. The van der Waals surface area contributed by atoms with Crippen molar-refractivity contribution in [3.63, 3.8) is 0 Å². The molecule has 0 bridgehead atoms. The maximum atomic E-state index is 15.5. The number of nitriles is 1. The summed E-state index contributed by atoms with van der Waals surface area (Å²) >= 11 is 0. The van der Waals surface area contributed by atoms with E-state index in [0.29, 0.717) is 24.2 Å². The molecule has 2 aromatic carbocycles. The van der Waals surface area contributed by atoms with Crippen molar-refractivity contribution >= 4 is 11.5 Å². The van der Waals surface area contributed by atoms with Crippen LogP contribution in [0.5, 0.6) is 11.5 Å². The minimum atomic E-state index is -5.04. The smallest absolute Gasteiger partial charge is 0.419 e. The average Bonchev–Trinajstić information content (AvgIpc) is 2.80. The molecule has 2 atom stereocenters. The van der Waals surface area contributed by atoms with Crippen molar-refractivity contribution in [2.24, 2.45) is 0 Å². The second-order valence-corrected chi connectivity index (χ2v) is 7.54. The molecule has 1 N–H and O–H groups in total. The summed E-state index contributed by atoms with van der Waals surface area (Å²) in [5.41, 5.74) is -7.46. The Bertz CT molecular complexity index is 1070. The van der Waals surface area contributed by atoms with E-state index in [1.165, 1.54) is 49.6 Å². The van der Waals surface area contributed by atoms with Crippen LogP contribution in [-0.4, -0.2) is 31.5 Å². The molecule has 5 nitrogen and oxygen atoms in total. The highest BCUT2D eigenvalue weighted by Crippen LogP contribution is 2.48. The SMILES string of the molecule is CCCCOc1ccc([C@]2(C(F)(F)F)C=C(c3ccc(OC)cc3)C(F)(C#N)C(=O)N2)cc1. The lowest BCUT2D eigenvalue weighted by atomic mass is 9.76. The molecule has 0 aliphatic carbocycles. The van der Waals surface area contributed by atoms with Gasteiger partial charge in [0, 0.05) is 5.57 Å². The summed E-state index contributed by atoms with van der Waals surface area (Å²) in [5, 5.41) is 11.1. The van der Waals surface area contributed by atoms with Crippen LogP contribution < -0.4 is 14.8 Å². The van der Waals surface area contributed by atoms with E-state index in [1.54, 1.807) is 5.32 Å². The number of alkyl halides is 4. The van der Waals surface area contributed by atoms with Gasteiger partial charge in [0.2, 0.25) is 0 Å². The van der Waals surface area contributed by atoms with Gasteiger partial charge in [0.05, 0.1) is 13.7 Å². The number of rotatable bonds is 7. The Labute approximate surface area is 188 Å². The predicted octanol–water partition coefficient (Wildman–Crippen LogP) is 5.08. The van der Waals surface area contributed by atoms with Gasteiger partial charge in [0.15, 0.2) is 5.54 Å². The monoisotopic (exact) mass is 462 g/mol. The van der Waals surface area contributed by atoms with Crippen molar-refractivity contribution < 1.29 is 31.8 Å². The largest absolute Gasteiger partial charge is 0.497 e. The van der Waals surface area contributed by atoms with Crippen LogP contribution in [0, 0.1) is 11.3 Å². The summed E-state index contributed by atoms with van der Waals surface area (Å²) < 4.78 is 69.3. The molecule has 0 spiro atoms. The number of hydrogen-bond donors (Lipinski definition) is 1. The standard InChI is InChI=1S/C24H22F4N2O3/c1-3-4-13-33-19-11-7-17(8-12-19)23(24(26,27)28)14-20(22(25,15-29)21(31)30-23)16-5-9-18(32-2)10-6-16/h5-12,14H,3-4,13H2,1-2H3,(H,30,31)/t22?,23-/m0/s1. The van der Waals surface area contributed by atoms with E-state index in [-0.39, 0.29) is 11.1 Å². The van der Waals surface area contributed by atoms with Gasteiger partial charge in [0.1, 0.15) is 17.6 Å². The number of carbonyl (C=O) groups is 1. The molecule has 9 heteroatoms. The first-order chi connectivity index (χ1) is 15.6. The zero-order valence-corrected chi connectivity index (χ0v) is 18.0. The van der Waals surface area contributed by atoms with Gasteiger partial charge in [0.25, 0.3) is 11.6 Å². The topological polar surface area (TPSA) is 71.3 Å². The van der Waals surface area contributed by atoms with E-state index in [9.17, 15) is 23.2 Å². The zero-order valence-electron chi connectivity index (χ0n) is 18.0. The lowest BCUT2D eigenvalue weighted by Crippen LogP contribution is -2.62. The molecule has 1 amide bonds. The molecule has 1 aliphatic rings. The zero-order chi connectivity index (χ0) is 24.3. The number of nitrogens with zero attached hydrogens (tertiary/aromatic N) is 1. The van der Waals surface area contributed by atoms with Gasteiger partial charge in [-0.25, -0.2) is 4.39 Å². The fraction of sp³-hybridized carbons (Fsp3) is 0.333. The van der Waals surface area contributed by atoms with Gasteiger partial charge in [-0.1, -0.05) is 37.6 Å². The van der Waals surface area contributed by atoms with Crippen molar-refractivity contribution in [3.8, 4) is 17.6 Å². The molecule has 0 fully saturated rings. The predicted molar refractivity (Wildman–Crippen MR) is 113 cm³/mol. The normalized spacial score (nSPS) is 22.7. The second kappa shape index (κ2) is 9.14. The van der Waals surface area contributed by atoms with Gasteiger partial charge in [-0.2, -0.15) is 18.4 Å². The number of hydrogen-bond acceptors (Lipinski definition) is 4. The van der Waals surface area contributed by atoms with Crippen molar-refractivity contribution in [1.82, 2.24) is 5.32 Å². The van der Waals surface area contributed by atoms with E-state index in [1.807, 2.05) is 6.92 Å². The van der Waals surface area contributed by atoms with Gasteiger partial charge in [-0.3, -0.25) is 4.79 Å². The van der Waals surface area contributed by atoms with E-state index in [0.717, 1.165) is 25.0 Å². The first-order valence-corrected chi connectivity index (χ1v) is 10.2. The van der Waals surface area contributed by atoms with Crippen LogP contribution in [0.1, 0.15) is 30.9 Å².